The van der Waals surface area contributed by atoms with E-state index >= 15 is 0 Å². The smallest absolute Gasteiger partial charge is 0.416 e. The number of anilines is 2. The number of aromatic nitrogens is 2. The van der Waals surface area contributed by atoms with Gasteiger partial charge in [0.1, 0.15) is 18.5 Å². The van der Waals surface area contributed by atoms with E-state index in [4.69, 9.17) is 13.9 Å². The van der Waals surface area contributed by atoms with Gasteiger partial charge in [-0.15, -0.1) is 5.10 Å². The summed E-state index contributed by atoms with van der Waals surface area (Å²) >= 11 is 0. The van der Waals surface area contributed by atoms with Crippen LogP contribution in [0.25, 0.3) is 0 Å². The van der Waals surface area contributed by atoms with Crippen LogP contribution in [0.3, 0.4) is 0 Å². The van der Waals surface area contributed by atoms with E-state index in [-0.39, 0.29) is 41.9 Å². The van der Waals surface area contributed by atoms with Crippen LogP contribution in [-0.2, 0) is 10.9 Å². The first-order valence-corrected chi connectivity index (χ1v) is 13.9. The number of nitrogens with zero attached hydrogens (tertiary/aromatic N) is 3. The molecule has 0 radical (unpaired) electrons. The van der Waals surface area contributed by atoms with Gasteiger partial charge in [0.15, 0.2) is 0 Å². The molecule has 1 aliphatic carbocycles. The highest BCUT2D eigenvalue weighted by Crippen LogP contribution is 2.36. The van der Waals surface area contributed by atoms with E-state index in [9.17, 15) is 22.8 Å². The number of alkyl halides is 3. The summed E-state index contributed by atoms with van der Waals surface area (Å²) in [6.45, 7) is 0.696. The predicted molar refractivity (Wildman–Crippen MR) is 144 cm³/mol. The number of hydrogen-bond acceptors (Lipinski definition) is 8. The van der Waals surface area contributed by atoms with E-state index in [1.165, 1.54) is 12.5 Å². The first kappa shape index (κ1) is 28.0. The van der Waals surface area contributed by atoms with Gasteiger partial charge in [-0.3, -0.25) is 9.59 Å². The van der Waals surface area contributed by atoms with Crippen molar-refractivity contribution in [3.63, 3.8) is 0 Å². The summed E-state index contributed by atoms with van der Waals surface area (Å²) in [5, 5.41) is 14.0. The van der Waals surface area contributed by atoms with Crippen LogP contribution in [0.5, 0.6) is 5.75 Å². The average Bonchev–Trinajstić information content (AvgIpc) is 3.40. The van der Waals surface area contributed by atoms with Gasteiger partial charge in [-0.2, -0.15) is 13.2 Å². The number of carbonyl (C=O) groups is 2. The summed E-state index contributed by atoms with van der Waals surface area (Å²) < 4.78 is 56.6. The maximum atomic E-state index is 13.5. The van der Waals surface area contributed by atoms with Gasteiger partial charge in [-0.05, 0) is 68.1 Å². The molecule has 1 saturated heterocycles. The molecule has 42 heavy (non-hydrogen) atoms. The van der Waals surface area contributed by atoms with Gasteiger partial charge in [-0.1, -0.05) is 11.5 Å². The quantitative estimate of drug-likeness (QED) is 0.410. The van der Waals surface area contributed by atoms with Crippen molar-refractivity contribution in [2.45, 2.75) is 62.4 Å². The number of hydrogen-bond donors (Lipinski definition) is 2. The molecule has 13 heteroatoms. The van der Waals surface area contributed by atoms with Crippen molar-refractivity contribution in [2.75, 3.05) is 30.8 Å². The monoisotopic (exact) mass is 585 g/mol. The molecule has 3 aliphatic rings. The largest absolute Gasteiger partial charge is 0.490 e. The van der Waals surface area contributed by atoms with Gasteiger partial charge in [0.05, 0.1) is 23.3 Å². The van der Waals surface area contributed by atoms with Crippen LogP contribution in [0.2, 0.25) is 0 Å². The topological polar surface area (TPSA) is 119 Å². The van der Waals surface area contributed by atoms with E-state index < -0.39 is 17.6 Å². The van der Waals surface area contributed by atoms with Crippen molar-refractivity contribution in [1.82, 2.24) is 15.1 Å². The molecule has 2 aliphatic heterocycles. The predicted octanol–water partition coefficient (Wildman–Crippen LogP) is 5.10. The molecule has 2 aromatic carbocycles. The second-order valence-corrected chi connectivity index (χ2v) is 10.9. The van der Waals surface area contributed by atoms with Gasteiger partial charge < -0.3 is 29.4 Å². The van der Waals surface area contributed by atoms with E-state index in [0.29, 0.717) is 48.6 Å². The molecule has 3 heterocycles. The number of rotatable bonds is 6. The maximum absolute atomic E-state index is 13.5. The fourth-order valence-corrected chi connectivity index (χ4v) is 5.45. The molecule has 10 nitrogen and oxygen atoms in total. The van der Waals surface area contributed by atoms with Gasteiger partial charge in [0.25, 0.3) is 11.8 Å². The van der Waals surface area contributed by atoms with Crippen molar-refractivity contribution in [3.8, 4) is 5.75 Å². The highest BCUT2D eigenvalue weighted by molar-refractivity contribution is 6.05. The highest BCUT2D eigenvalue weighted by atomic mass is 19.4. The molecular formula is C29H30F3N5O5. The summed E-state index contributed by atoms with van der Waals surface area (Å²) in [7, 11) is 1.71. The lowest BCUT2D eigenvalue weighted by Crippen LogP contribution is -2.54. The van der Waals surface area contributed by atoms with Crippen molar-refractivity contribution in [3.05, 3.63) is 65.0 Å². The molecule has 3 atom stereocenters. The Morgan fingerprint density at radius 3 is 2.57 bits per heavy atom. The Hall–Kier alpha value is -4.13. The minimum Gasteiger partial charge on any atom is -0.490 e. The zero-order valence-electron chi connectivity index (χ0n) is 22.8. The van der Waals surface area contributed by atoms with Crippen LogP contribution in [0.1, 0.15) is 70.2 Å². The standard InChI is InChI=1S/C29H30F3N5O5/c1-37-22-11-10-20(14-33-28-36-35-26(42-28)17-3-2-4-17)41-24(22)15-40-23-12-9-19(13-21(23)27(37)39)34-25(38)16-5-7-18(8-6-16)29(30,31)32/h5-9,12-13,17,20,22,24H,2-4,10-11,14-15H2,1H3,(H,33,36)(H,34,38)/t20-,22-,24-/m0/s1. The second kappa shape index (κ2) is 11.3. The lowest BCUT2D eigenvalue weighted by molar-refractivity contribution is -0.137. The fourth-order valence-electron chi connectivity index (χ4n) is 5.45. The summed E-state index contributed by atoms with van der Waals surface area (Å²) in [4.78, 5) is 27.8. The average molecular weight is 586 g/mol. The molecule has 1 aromatic heterocycles. The van der Waals surface area contributed by atoms with Gasteiger partial charge >= 0.3 is 12.2 Å². The van der Waals surface area contributed by atoms with E-state index in [1.54, 1.807) is 24.1 Å². The minimum atomic E-state index is -4.49. The van der Waals surface area contributed by atoms with Gasteiger partial charge in [-0.25, -0.2) is 0 Å². The Morgan fingerprint density at radius 2 is 1.86 bits per heavy atom. The van der Waals surface area contributed by atoms with Crippen molar-refractivity contribution in [2.24, 2.45) is 0 Å². The molecule has 2 amide bonds. The van der Waals surface area contributed by atoms with Crippen molar-refractivity contribution < 1.29 is 36.7 Å². The Morgan fingerprint density at radius 1 is 1.07 bits per heavy atom. The zero-order chi connectivity index (χ0) is 29.4. The van der Waals surface area contributed by atoms with Crippen LogP contribution in [0, 0.1) is 0 Å². The third kappa shape index (κ3) is 5.78. The molecule has 6 rings (SSSR count). The van der Waals surface area contributed by atoms with Crippen LogP contribution < -0.4 is 15.4 Å². The Labute approximate surface area is 239 Å². The van der Waals surface area contributed by atoms with Gasteiger partial charge in [0.2, 0.25) is 5.89 Å². The minimum absolute atomic E-state index is 0.0542. The van der Waals surface area contributed by atoms with Crippen LogP contribution in [0.15, 0.2) is 46.9 Å². The molecular weight excluding hydrogens is 555 g/mol. The Balaban J connectivity index is 1.09. The van der Waals surface area contributed by atoms with Gasteiger partial charge in [0, 0.05) is 30.8 Å². The lowest BCUT2D eigenvalue weighted by Gasteiger charge is -2.42. The van der Waals surface area contributed by atoms with Crippen LogP contribution in [-0.4, -0.2) is 65.4 Å². The molecule has 0 unspecified atom stereocenters. The second-order valence-electron chi connectivity index (χ2n) is 10.9. The first-order chi connectivity index (χ1) is 20.2. The first-order valence-electron chi connectivity index (χ1n) is 13.9. The molecule has 2 N–H and O–H groups in total. The highest BCUT2D eigenvalue weighted by Gasteiger charge is 2.39. The molecule has 222 valence electrons. The number of carbonyl (C=O) groups excluding carboxylic acids is 2. The number of amides is 2. The Bertz CT molecular complexity index is 1460. The number of benzene rings is 2. The van der Waals surface area contributed by atoms with E-state index in [1.807, 2.05) is 0 Å². The zero-order valence-corrected chi connectivity index (χ0v) is 22.8. The number of likely N-dealkylation sites (N-methyl/N-ethyl adjacent to an activating group) is 1. The van der Waals surface area contributed by atoms with Crippen molar-refractivity contribution >= 4 is 23.5 Å². The van der Waals surface area contributed by atoms with E-state index in [2.05, 4.69) is 20.8 Å². The number of ether oxygens (including phenoxy) is 2. The molecule has 0 spiro atoms. The summed E-state index contributed by atoms with van der Waals surface area (Å²) in [5.74, 6) is 0.476. The summed E-state index contributed by atoms with van der Waals surface area (Å²) in [5.41, 5.74) is -0.209. The number of nitrogens with one attached hydrogen (secondary N) is 2. The van der Waals surface area contributed by atoms with Crippen molar-refractivity contribution in [1.29, 1.82) is 0 Å². The molecule has 3 aromatic rings. The summed E-state index contributed by atoms with van der Waals surface area (Å²) in [6, 6.07) is 8.73. The normalized spacial score (nSPS) is 22.6. The SMILES string of the molecule is CN1C(=O)c2cc(NC(=O)c3ccc(C(F)(F)F)cc3)ccc2OC[C@@H]2O[C@H](CNc3nnc(C4CCC4)o3)CC[C@@H]21. The van der Waals surface area contributed by atoms with Crippen LogP contribution in [0.4, 0.5) is 24.9 Å². The molecule has 2 fully saturated rings. The number of fused-ring (bicyclic) bond motifs is 2. The number of halogens is 3. The van der Waals surface area contributed by atoms with E-state index in [0.717, 1.165) is 37.1 Å². The third-order valence-corrected chi connectivity index (χ3v) is 8.12. The molecule has 1 saturated carbocycles. The lowest BCUT2D eigenvalue weighted by atomic mass is 9.85. The fraction of sp³-hybridized carbons (Fsp3) is 0.448. The third-order valence-electron chi connectivity index (χ3n) is 8.12. The van der Waals surface area contributed by atoms with Crippen LogP contribution >= 0.6 is 0 Å². The Kier molecular flexibility index (Phi) is 7.52. The maximum Gasteiger partial charge on any atom is 0.416 e. The summed E-state index contributed by atoms with van der Waals surface area (Å²) in [6.07, 6.45) is -0.272. The molecule has 0 bridgehead atoms.